The van der Waals surface area contributed by atoms with Crippen LogP contribution in [0.3, 0.4) is 0 Å². The van der Waals surface area contributed by atoms with E-state index in [9.17, 15) is 13.2 Å². The molecule has 0 radical (unpaired) electrons. The molecule has 2 N–H and O–H groups in total. The first kappa shape index (κ1) is 14.3. The first-order chi connectivity index (χ1) is 8.79. The number of thiazole rings is 1. The minimum absolute atomic E-state index is 0.228. The molecule has 7 heteroatoms. The number of rotatable bonds is 2. The van der Waals surface area contributed by atoms with Crippen molar-refractivity contribution < 1.29 is 13.2 Å². The molecule has 2 aromatic rings. The minimum atomic E-state index is -4.42. The summed E-state index contributed by atoms with van der Waals surface area (Å²) in [5, 5.41) is -0.427. The van der Waals surface area contributed by atoms with E-state index in [0.717, 1.165) is 5.56 Å². The molecular weight excluding hydrogens is 297 g/mol. The highest BCUT2D eigenvalue weighted by Gasteiger charge is 2.34. The molecule has 1 aromatic heterocycles. The number of alkyl halides is 3. The Bertz CT molecular complexity index is 593. The molecule has 0 amide bonds. The van der Waals surface area contributed by atoms with Crippen molar-refractivity contribution in [3.8, 4) is 10.4 Å². The minimum Gasteiger partial charge on any atom is -0.324 e. The maximum absolute atomic E-state index is 12.5. The molecule has 0 fully saturated rings. The largest absolute Gasteiger partial charge is 0.443 e. The van der Waals surface area contributed by atoms with Crippen LogP contribution in [0.2, 0.25) is 5.02 Å². The molecule has 0 aliphatic heterocycles. The Morgan fingerprint density at radius 2 is 2.05 bits per heavy atom. The maximum Gasteiger partial charge on any atom is 0.443 e. The zero-order valence-electron chi connectivity index (χ0n) is 9.83. The van der Waals surface area contributed by atoms with E-state index in [-0.39, 0.29) is 6.04 Å². The number of nitrogens with two attached hydrogens (primary N) is 1. The molecule has 0 saturated carbocycles. The summed E-state index contributed by atoms with van der Waals surface area (Å²) < 4.78 is 37.4. The lowest BCUT2D eigenvalue weighted by molar-refractivity contribution is -0.137. The van der Waals surface area contributed by atoms with E-state index in [0.29, 0.717) is 26.8 Å². The fraction of sp³-hybridized carbons (Fsp3) is 0.250. The molecule has 0 spiro atoms. The standard InChI is InChI=1S/C12H10ClF3N2S/c1-6(17)8-3-2-7(4-9(8)13)10-5-18-11(19-10)12(14,15)16/h2-6H,17H2,1H3. The van der Waals surface area contributed by atoms with Crippen molar-refractivity contribution in [3.63, 3.8) is 0 Å². The summed E-state index contributed by atoms with van der Waals surface area (Å²) >= 11 is 6.64. The zero-order chi connectivity index (χ0) is 14.2. The van der Waals surface area contributed by atoms with E-state index >= 15 is 0 Å². The third-order valence-corrected chi connectivity index (χ3v) is 3.94. The highest BCUT2D eigenvalue weighted by Crippen LogP contribution is 2.37. The molecular formula is C12H10ClF3N2S. The molecule has 1 aromatic carbocycles. The number of benzene rings is 1. The lowest BCUT2D eigenvalue weighted by Crippen LogP contribution is -2.05. The van der Waals surface area contributed by atoms with Gasteiger partial charge in [0.25, 0.3) is 0 Å². The number of nitrogens with zero attached hydrogens (tertiary/aromatic N) is 1. The van der Waals surface area contributed by atoms with Gasteiger partial charge in [0.15, 0.2) is 5.01 Å². The van der Waals surface area contributed by atoms with Gasteiger partial charge in [0, 0.05) is 17.3 Å². The van der Waals surface area contributed by atoms with Gasteiger partial charge in [0.05, 0.1) is 4.88 Å². The molecule has 0 aliphatic rings. The summed E-state index contributed by atoms with van der Waals surface area (Å²) in [7, 11) is 0. The highest BCUT2D eigenvalue weighted by molar-refractivity contribution is 7.15. The van der Waals surface area contributed by atoms with Crippen molar-refractivity contribution in [1.29, 1.82) is 0 Å². The Hall–Kier alpha value is -1.11. The lowest BCUT2D eigenvalue weighted by atomic mass is 10.1. The molecule has 1 heterocycles. The summed E-state index contributed by atoms with van der Waals surface area (Å²) in [5.74, 6) is 0. The maximum atomic E-state index is 12.5. The smallest absolute Gasteiger partial charge is 0.324 e. The van der Waals surface area contributed by atoms with Crippen molar-refractivity contribution in [3.05, 3.63) is 40.0 Å². The molecule has 2 rings (SSSR count). The number of halogens is 4. The van der Waals surface area contributed by atoms with Crippen molar-refractivity contribution in [1.82, 2.24) is 4.98 Å². The van der Waals surface area contributed by atoms with E-state index in [4.69, 9.17) is 17.3 Å². The van der Waals surface area contributed by atoms with Gasteiger partial charge in [-0.3, -0.25) is 0 Å². The third-order valence-electron chi connectivity index (χ3n) is 2.52. The van der Waals surface area contributed by atoms with Crippen LogP contribution < -0.4 is 5.73 Å². The number of aromatic nitrogens is 1. The predicted molar refractivity (Wildman–Crippen MR) is 70.2 cm³/mol. The molecule has 0 bridgehead atoms. The SMILES string of the molecule is CC(N)c1ccc(-c2cnc(C(F)(F)F)s2)cc1Cl. The molecule has 2 nitrogen and oxygen atoms in total. The average Bonchev–Trinajstić information content (AvgIpc) is 2.76. The Morgan fingerprint density at radius 3 is 2.53 bits per heavy atom. The Morgan fingerprint density at radius 1 is 1.37 bits per heavy atom. The first-order valence-corrected chi connectivity index (χ1v) is 6.57. The molecule has 0 saturated heterocycles. The van der Waals surface area contributed by atoms with Gasteiger partial charge in [-0.1, -0.05) is 23.7 Å². The Kier molecular flexibility index (Phi) is 3.85. The fourth-order valence-electron chi connectivity index (χ4n) is 1.59. The van der Waals surface area contributed by atoms with E-state index in [1.807, 2.05) is 0 Å². The highest BCUT2D eigenvalue weighted by atomic mass is 35.5. The van der Waals surface area contributed by atoms with Gasteiger partial charge < -0.3 is 5.73 Å². The van der Waals surface area contributed by atoms with Crippen LogP contribution in [0, 0.1) is 0 Å². The van der Waals surface area contributed by atoms with E-state index in [1.54, 1.807) is 25.1 Å². The summed E-state index contributed by atoms with van der Waals surface area (Å²) in [5.41, 5.74) is 7.08. The van der Waals surface area contributed by atoms with Gasteiger partial charge in [-0.15, -0.1) is 11.3 Å². The fourth-order valence-corrected chi connectivity index (χ4v) is 2.72. The second kappa shape index (κ2) is 5.11. The van der Waals surface area contributed by atoms with Crippen LogP contribution in [0.5, 0.6) is 0 Å². The van der Waals surface area contributed by atoms with Crippen molar-refractivity contribution >= 4 is 22.9 Å². The summed E-state index contributed by atoms with van der Waals surface area (Å²) in [6.45, 7) is 1.79. The van der Waals surface area contributed by atoms with Crippen molar-refractivity contribution in [2.45, 2.75) is 19.1 Å². The molecule has 102 valence electrons. The van der Waals surface area contributed by atoms with Crippen LogP contribution in [0.15, 0.2) is 24.4 Å². The second-order valence-corrected chi connectivity index (χ2v) is 5.49. The lowest BCUT2D eigenvalue weighted by Gasteiger charge is -2.09. The number of hydrogen-bond acceptors (Lipinski definition) is 3. The molecule has 1 unspecified atom stereocenters. The molecule has 1 atom stereocenters. The van der Waals surface area contributed by atoms with E-state index in [2.05, 4.69) is 4.98 Å². The summed E-state index contributed by atoms with van der Waals surface area (Å²) in [4.78, 5) is 3.80. The average molecular weight is 307 g/mol. The monoisotopic (exact) mass is 306 g/mol. The van der Waals surface area contributed by atoms with Crippen molar-refractivity contribution in [2.24, 2.45) is 5.73 Å². The van der Waals surface area contributed by atoms with Gasteiger partial charge in [0.2, 0.25) is 0 Å². The molecule has 19 heavy (non-hydrogen) atoms. The van der Waals surface area contributed by atoms with Crippen LogP contribution >= 0.6 is 22.9 Å². The topological polar surface area (TPSA) is 38.9 Å². The van der Waals surface area contributed by atoms with Gasteiger partial charge in [-0.25, -0.2) is 4.98 Å². The van der Waals surface area contributed by atoms with Crippen LogP contribution in [0.4, 0.5) is 13.2 Å². The van der Waals surface area contributed by atoms with Crippen LogP contribution in [0.25, 0.3) is 10.4 Å². The van der Waals surface area contributed by atoms with Crippen LogP contribution in [-0.4, -0.2) is 4.98 Å². The van der Waals surface area contributed by atoms with Gasteiger partial charge >= 0.3 is 6.18 Å². The van der Waals surface area contributed by atoms with Crippen LogP contribution in [-0.2, 0) is 6.18 Å². The quantitative estimate of drug-likeness (QED) is 0.887. The van der Waals surface area contributed by atoms with E-state index in [1.165, 1.54) is 6.20 Å². The van der Waals surface area contributed by atoms with Crippen LogP contribution in [0.1, 0.15) is 23.5 Å². The Labute approximate surface area is 117 Å². The summed E-state index contributed by atoms with van der Waals surface area (Å²) in [6.07, 6.45) is -3.22. The third kappa shape index (κ3) is 3.08. The number of hydrogen-bond donors (Lipinski definition) is 1. The van der Waals surface area contributed by atoms with Gasteiger partial charge in [-0.2, -0.15) is 13.2 Å². The second-order valence-electron chi connectivity index (χ2n) is 4.05. The molecule has 0 aliphatic carbocycles. The van der Waals surface area contributed by atoms with Gasteiger partial charge in [-0.05, 0) is 24.1 Å². The Balaban J connectivity index is 2.38. The summed E-state index contributed by atoms with van der Waals surface area (Å²) in [6, 6.07) is 4.79. The van der Waals surface area contributed by atoms with Gasteiger partial charge in [0.1, 0.15) is 0 Å². The normalized spacial score (nSPS) is 13.6. The van der Waals surface area contributed by atoms with E-state index < -0.39 is 11.2 Å². The zero-order valence-corrected chi connectivity index (χ0v) is 11.4. The first-order valence-electron chi connectivity index (χ1n) is 5.37. The predicted octanol–water partition coefficient (Wildman–Crippen LogP) is 4.50. The van der Waals surface area contributed by atoms with Crippen molar-refractivity contribution in [2.75, 3.05) is 0 Å².